The average molecular weight is 350 g/mol. The number of para-hydroxylation sites is 2. The zero-order chi connectivity index (χ0) is 17.5. The molecule has 1 amide bonds. The topological polar surface area (TPSA) is 69.5 Å². The van der Waals surface area contributed by atoms with Crippen molar-refractivity contribution in [2.24, 2.45) is 0 Å². The zero-order valence-electron chi connectivity index (χ0n) is 14.2. The molecule has 5 rings (SSSR count). The first kappa shape index (κ1) is 15.3. The van der Waals surface area contributed by atoms with Gasteiger partial charge in [-0.15, -0.1) is 0 Å². The molecule has 7 nitrogen and oxygen atoms in total. The Morgan fingerprint density at radius 1 is 1.19 bits per heavy atom. The van der Waals surface area contributed by atoms with Crippen LogP contribution in [0.4, 0.5) is 5.95 Å². The summed E-state index contributed by atoms with van der Waals surface area (Å²) in [6.45, 7) is 2.53. The number of ether oxygens (including phenoxy) is 2. The van der Waals surface area contributed by atoms with Crippen molar-refractivity contribution < 1.29 is 14.3 Å². The maximum absolute atomic E-state index is 13.2. The standard InChI is InChI=1S/C19H18N4O3/c24-18(14-4-3-8-20-17(14)26-13-7-11-25-12-13)23-10-9-22-16-6-2-1-5-15(16)21-19(22)23/h1-6,8,13H,7,9-12H2. The molecule has 2 aromatic heterocycles. The molecule has 1 atom stereocenters. The van der Waals surface area contributed by atoms with Gasteiger partial charge in [0.1, 0.15) is 11.7 Å². The van der Waals surface area contributed by atoms with Crippen LogP contribution in [0.3, 0.4) is 0 Å². The van der Waals surface area contributed by atoms with Gasteiger partial charge in [-0.1, -0.05) is 12.1 Å². The Morgan fingerprint density at radius 3 is 3.00 bits per heavy atom. The Bertz CT molecular complexity index is 978. The largest absolute Gasteiger partial charge is 0.471 e. The predicted molar refractivity (Wildman–Crippen MR) is 95.5 cm³/mol. The minimum absolute atomic E-state index is 0.0559. The van der Waals surface area contributed by atoms with Crippen molar-refractivity contribution in [1.29, 1.82) is 0 Å². The van der Waals surface area contributed by atoms with Crippen molar-refractivity contribution >= 4 is 22.9 Å². The van der Waals surface area contributed by atoms with Crippen LogP contribution in [0.25, 0.3) is 11.0 Å². The molecule has 1 aromatic carbocycles. The summed E-state index contributed by atoms with van der Waals surface area (Å²) in [5.74, 6) is 0.902. The quantitative estimate of drug-likeness (QED) is 0.725. The molecule has 1 unspecified atom stereocenters. The number of imidazole rings is 1. The molecular weight excluding hydrogens is 332 g/mol. The highest BCUT2D eigenvalue weighted by Gasteiger charge is 2.31. The SMILES string of the molecule is O=C(c1cccnc1OC1CCOC1)N1CCn2c1nc1ccccc12. The maximum Gasteiger partial charge on any atom is 0.266 e. The fourth-order valence-electron chi connectivity index (χ4n) is 3.54. The Balaban J connectivity index is 1.48. The van der Waals surface area contributed by atoms with Crippen LogP contribution in [0, 0.1) is 0 Å². The lowest BCUT2D eigenvalue weighted by molar-refractivity contribution is 0.0975. The number of fused-ring (bicyclic) bond motifs is 3. The van der Waals surface area contributed by atoms with E-state index in [1.54, 1.807) is 23.2 Å². The van der Waals surface area contributed by atoms with E-state index in [1.807, 2.05) is 24.3 Å². The summed E-state index contributed by atoms with van der Waals surface area (Å²) in [6, 6.07) is 11.4. The second kappa shape index (κ2) is 6.10. The lowest BCUT2D eigenvalue weighted by Gasteiger charge is -2.17. The van der Waals surface area contributed by atoms with Crippen LogP contribution in [0.15, 0.2) is 42.6 Å². The summed E-state index contributed by atoms with van der Waals surface area (Å²) in [7, 11) is 0. The number of anilines is 1. The van der Waals surface area contributed by atoms with E-state index in [9.17, 15) is 4.79 Å². The van der Waals surface area contributed by atoms with Crippen LogP contribution in [0.2, 0.25) is 0 Å². The zero-order valence-corrected chi connectivity index (χ0v) is 14.2. The molecule has 0 radical (unpaired) electrons. The molecule has 7 heteroatoms. The first-order valence-electron chi connectivity index (χ1n) is 8.78. The van der Waals surface area contributed by atoms with Crippen molar-refractivity contribution in [3.8, 4) is 5.88 Å². The Hall–Kier alpha value is -2.93. The average Bonchev–Trinajstić information content (AvgIpc) is 3.38. The Labute approximate surface area is 150 Å². The molecule has 26 heavy (non-hydrogen) atoms. The molecule has 3 aromatic rings. The molecule has 0 spiro atoms. The first-order chi connectivity index (χ1) is 12.8. The molecule has 0 bridgehead atoms. The predicted octanol–water partition coefficient (Wildman–Crippen LogP) is 2.26. The molecule has 0 saturated carbocycles. The third kappa shape index (κ3) is 2.43. The maximum atomic E-state index is 13.2. The van der Waals surface area contributed by atoms with E-state index < -0.39 is 0 Å². The number of benzene rings is 1. The second-order valence-electron chi connectivity index (χ2n) is 6.47. The van der Waals surface area contributed by atoms with Gasteiger partial charge in [0.05, 0.1) is 24.2 Å². The van der Waals surface area contributed by atoms with E-state index in [0.29, 0.717) is 37.2 Å². The number of carbonyl (C=O) groups excluding carboxylic acids is 1. The molecule has 2 aliphatic rings. The number of hydrogen-bond acceptors (Lipinski definition) is 5. The van der Waals surface area contributed by atoms with Gasteiger partial charge in [-0.3, -0.25) is 9.69 Å². The normalized spacial score (nSPS) is 19.1. The van der Waals surface area contributed by atoms with Crippen molar-refractivity contribution in [2.75, 3.05) is 24.7 Å². The lowest BCUT2D eigenvalue weighted by Crippen LogP contribution is -2.30. The highest BCUT2D eigenvalue weighted by Crippen LogP contribution is 2.30. The molecule has 1 saturated heterocycles. The van der Waals surface area contributed by atoms with Gasteiger partial charge in [0.2, 0.25) is 11.8 Å². The number of aromatic nitrogens is 3. The van der Waals surface area contributed by atoms with E-state index in [0.717, 1.165) is 24.0 Å². The number of carbonyl (C=O) groups is 1. The van der Waals surface area contributed by atoms with Gasteiger partial charge >= 0.3 is 0 Å². The smallest absolute Gasteiger partial charge is 0.266 e. The fraction of sp³-hybridized carbons (Fsp3) is 0.316. The third-order valence-corrected chi connectivity index (χ3v) is 4.84. The molecule has 132 valence electrons. The van der Waals surface area contributed by atoms with Crippen molar-refractivity contribution in [3.05, 3.63) is 48.2 Å². The number of nitrogens with zero attached hydrogens (tertiary/aromatic N) is 4. The number of amides is 1. The summed E-state index contributed by atoms with van der Waals surface area (Å²) in [5, 5.41) is 0. The van der Waals surface area contributed by atoms with Gasteiger partial charge in [0.15, 0.2) is 0 Å². The first-order valence-corrected chi connectivity index (χ1v) is 8.78. The van der Waals surface area contributed by atoms with Crippen LogP contribution in [-0.2, 0) is 11.3 Å². The molecular formula is C19H18N4O3. The second-order valence-corrected chi connectivity index (χ2v) is 6.47. The number of hydrogen-bond donors (Lipinski definition) is 0. The van der Waals surface area contributed by atoms with Gasteiger partial charge in [-0.25, -0.2) is 9.97 Å². The molecule has 1 fully saturated rings. The van der Waals surface area contributed by atoms with Crippen LogP contribution in [-0.4, -0.2) is 46.3 Å². The molecule has 0 N–H and O–H groups in total. The summed E-state index contributed by atoms with van der Waals surface area (Å²) in [4.78, 5) is 23.8. The minimum Gasteiger partial charge on any atom is -0.471 e. The van der Waals surface area contributed by atoms with Crippen LogP contribution >= 0.6 is 0 Å². The van der Waals surface area contributed by atoms with E-state index in [1.165, 1.54) is 0 Å². The molecule has 0 aliphatic carbocycles. The summed E-state index contributed by atoms with van der Waals surface area (Å²) >= 11 is 0. The van der Waals surface area contributed by atoms with Crippen molar-refractivity contribution in [3.63, 3.8) is 0 Å². The van der Waals surface area contributed by atoms with Crippen LogP contribution < -0.4 is 9.64 Å². The monoisotopic (exact) mass is 350 g/mol. The van der Waals surface area contributed by atoms with Crippen LogP contribution in [0.5, 0.6) is 5.88 Å². The van der Waals surface area contributed by atoms with Crippen molar-refractivity contribution in [2.45, 2.75) is 19.1 Å². The third-order valence-electron chi connectivity index (χ3n) is 4.84. The summed E-state index contributed by atoms with van der Waals surface area (Å²) in [5.41, 5.74) is 2.40. The highest BCUT2D eigenvalue weighted by molar-refractivity contribution is 6.07. The van der Waals surface area contributed by atoms with E-state index in [4.69, 9.17) is 9.47 Å². The molecule has 2 aliphatic heterocycles. The summed E-state index contributed by atoms with van der Waals surface area (Å²) in [6.07, 6.45) is 2.39. The van der Waals surface area contributed by atoms with Gasteiger partial charge in [0.25, 0.3) is 5.91 Å². The van der Waals surface area contributed by atoms with Gasteiger partial charge < -0.3 is 14.0 Å². The molecule has 4 heterocycles. The Morgan fingerprint density at radius 2 is 2.12 bits per heavy atom. The number of pyridine rings is 1. The fourth-order valence-corrected chi connectivity index (χ4v) is 3.54. The minimum atomic E-state index is -0.138. The lowest BCUT2D eigenvalue weighted by atomic mass is 10.2. The Kier molecular flexibility index (Phi) is 3.60. The highest BCUT2D eigenvalue weighted by atomic mass is 16.5. The van der Waals surface area contributed by atoms with Crippen LogP contribution in [0.1, 0.15) is 16.8 Å². The number of rotatable bonds is 3. The van der Waals surface area contributed by atoms with E-state index in [2.05, 4.69) is 14.5 Å². The van der Waals surface area contributed by atoms with Gasteiger partial charge in [-0.2, -0.15) is 0 Å². The van der Waals surface area contributed by atoms with E-state index >= 15 is 0 Å². The van der Waals surface area contributed by atoms with Gasteiger partial charge in [-0.05, 0) is 24.3 Å². The summed E-state index contributed by atoms with van der Waals surface area (Å²) < 4.78 is 13.3. The van der Waals surface area contributed by atoms with Gasteiger partial charge in [0, 0.05) is 25.7 Å². The van der Waals surface area contributed by atoms with Crippen molar-refractivity contribution in [1.82, 2.24) is 14.5 Å². The van der Waals surface area contributed by atoms with E-state index in [-0.39, 0.29) is 12.0 Å².